The molecule has 4 heteroatoms. The first kappa shape index (κ1) is 16.4. The van der Waals surface area contributed by atoms with Crippen LogP contribution in [0.25, 0.3) is 0 Å². The van der Waals surface area contributed by atoms with E-state index in [0.29, 0.717) is 0 Å². The van der Waals surface area contributed by atoms with Crippen LogP contribution in [-0.2, 0) is 9.53 Å². The third-order valence-corrected chi connectivity index (χ3v) is 4.71. The topological polar surface area (TPSA) is 58.6 Å². The molecule has 0 bridgehead atoms. The van der Waals surface area contributed by atoms with E-state index in [2.05, 4.69) is 33.0 Å². The normalized spacial score (nSPS) is 26.4. The quantitative estimate of drug-likeness (QED) is 0.825. The fraction of sp³-hybridized carbons (Fsp3) is 0.933. The van der Waals surface area contributed by atoms with Crippen LogP contribution in [0.1, 0.15) is 61.8 Å². The zero-order chi connectivity index (χ0) is 15.3. The van der Waals surface area contributed by atoms with Crippen molar-refractivity contribution in [1.82, 2.24) is 5.32 Å². The minimum atomic E-state index is -0.851. The van der Waals surface area contributed by atoms with E-state index in [0.717, 1.165) is 6.42 Å². The molecule has 1 unspecified atom stereocenters. The summed E-state index contributed by atoms with van der Waals surface area (Å²) < 4.78 is 6.06. The van der Waals surface area contributed by atoms with E-state index in [1.807, 2.05) is 13.8 Å². The molecule has 0 saturated carbocycles. The number of hydrogen-bond donors (Lipinski definition) is 2. The summed E-state index contributed by atoms with van der Waals surface area (Å²) >= 11 is 0. The Morgan fingerprint density at radius 2 is 1.68 bits per heavy atom. The Morgan fingerprint density at radius 3 is 2.00 bits per heavy atom. The lowest BCUT2D eigenvalue weighted by Crippen LogP contribution is -2.61. The van der Waals surface area contributed by atoms with Crippen molar-refractivity contribution >= 4 is 5.97 Å². The molecule has 1 rings (SSSR count). The largest absolute Gasteiger partial charge is 0.481 e. The first-order valence-corrected chi connectivity index (χ1v) is 6.93. The minimum Gasteiger partial charge on any atom is -0.481 e. The maximum Gasteiger partial charge on any atom is 0.310 e. The molecule has 2 N–H and O–H groups in total. The van der Waals surface area contributed by atoms with E-state index in [9.17, 15) is 9.90 Å². The van der Waals surface area contributed by atoms with Gasteiger partial charge in [0.2, 0.25) is 0 Å². The van der Waals surface area contributed by atoms with Gasteiger partial charge in [-0.3, -0.25) is 4.79 Å². The molecule has 1 heterocycles. The van der Waals surface area contributed by atoms with Crippen LogP contribution in [0.15, 0.2) is 0 Å². The van der Waals surface area contributed by atoms with Crippen LogP contribution in [0.4, 0.5) is 0 Å². The monoisotopic (exact) mass is 271 g/mol. The van der Waals surface area contributed by atoms with Crippen molar-refractivity contribution in [2.45, 2.75) is 84.6 Å². The molecular weight excluding hydrogens is 242 g/mol. The lowest BCUT2D eigenvalue weighted by Gasteiger charge is -2.43. The van der Waals surface area contributed by atoms with Crippen LogP contribution in [-0.4, -0.2) is 33.9 Å². The van der Waals surface area contributed by atoms with Crippen molar-refractivity contribution in [3.05, 3.63) is 0 Å². The van der Waals surface area contributed by atoms with Gasteiger partial charge in [0, 0.05) is 11.6 Å². The van der Waals surface area contributed by atoms with Gasteiger partial charge in [-0.15, -0.1) is 0 Å². The molecular formula is C15H29NO3. The third-order valence-electron chi connectivity index (χ3n) is 4.71. The van der Waals surface area contributed by atoms with Crippen LogP contribution in [0, 0.1) is 5.41 Å². The Balaban J connectivity index is 2.93. The average molecular weight is 271 g/mol. The molecule has 0 aliphatic carbocycles. The smallest absolute Gasteiger partial charge is 0.310 e. The van der Waals surface area contributed by atoms with Gasteiger partial charge < -0.3 is 15.2 Å². The molecule has 1 aliphatic rings. The van der Waals surface area contributed by atoms with Crippen molar-refractivity contribution < 1.29 is 14.6 Å². The summed E-state index contributed by atoms with van der Waals surface area (Å²) in [6.07, 6.45) is 0.874. The second-order valence-corrected chi connectivity index (χ2v) is 7.92. The maximum absolute atomic E-state index is 11.5. The van der Waals surface area contributed by atoms with Gasteiger partial charge in [0.15, 0.2) is 0 Å². The van der Waals surface area contributed by atoms with E-state index in [-0.39, 0.29) is 17.2 Å². The van der Waals surface area contributed by atoms with Gasteiger partial charge in [-0.2, -0.15) is 0 Å². The molecule has 0 aromatic rings. The predicted molar refractivity (Wildman–Crippen MR) is 76.3 cm³/mol. The van der Waals surface area contributed by atoms with Crippen LogP contribution in [0.5, 0.6) is 0 Å². The van der Waals surface area contributed by atoms with E-state index >= 15 is 0 Å². The first-order valence-electron chi connectivity index (χ1n) is 6.93. The molecule has 0 aromatic carbocycles. The first-order chi connectivity index (χ1) is 8.21. The van der Waals surface area contributed by atoms with Crippen molar-refractivity contribution in [3.8, 4) is 0 Å². The molecule has 0 amide bonds. The molecule has 1 saturated heterocycles. The highest BCUT2D eigenvalue weighted by Crippen LogP contribution is 2.40. The van der Waals surface area contributed by atoms with Crippen LogP contribution >= 0.6 is 0 Å². The molecule has 0 radical (unpaired) electrons. The van der Waals surface area contributed by atoms with E-state index in [4.69, 9.17) is 4.74 Å². The third kappa shape index (κ3) is 3.11. The van der Waals surface area contributed by atoms with Gasteiger partial charge in [0.25, 0.3) is 0 Å². The Hall–Kier alpha value is -0.610. The van der Waals surface area contributed by atoms with Crippen LogP contribution < -0.4 is 5.32 Å². The molecule has 1 aliphatic heterocycles. The summed E-state index contributed by atoms with van der Waals surface area (Å²) in [4.78, 5) is 11.5. The highest BCUT2D eigenvalue weighted by molar-refractivity contribution is 5.75. The number of carboxylic acid groups (broad SMARTS) is 1. The van der Waals surface area contributed by atoms with Crippen LogP contribution in [0.2, 0.25) is 0 Å². The number of carboxylic acids is 1. The highest BCUT2D eigenvalue weighted by Gasteiger charge is 2.51. The Kier molecular flexibility index (Phi) is 3.85. The standard InChI is InChI=1S/C15H29NO3/c1-12(2)9-10(14(5,6)19-12)16-15(7,8)13(3,4)11(17)18/h10,16H,9H2,1-8H3,(H,17,18). The Labute approximate surface area is 116 Å². The summed E-state index contributed by atoms with van der Waals surface area (Å²) in [6.45, 7) is 15.7. The van der Waals surface area contributed by atoms with Gasteiger partial charge in [-0.25, -0.2) is 0 Å². The Morgan fingerprint density at radius 1 is 1.21 bits per heavy atom. The zero-order valence-corrected chi connectivity index (χ0v) is 13.5. The number of ether oxygens (including phenoxy) is 1. The second-order valence-electron chi connectivity index (χ2n) is 7.92. The molecule has 4 nitrogen and oxygen atoms in total. The van der Waals surface area contributed by atoms with Gasteiger partial charge in [-0.1, -0.05) is 0 Å². The number of carbonyl (C=O) groups is 1. The highest BCUT2D eigenvalue weighted by atomic mass is 16.5. The van der Waals surface area contributed by atoms with E-state index < -0.39 is 16.9 Å². The summed E-state index contributed by atoms with van der Waals surface area (Å²) in [5, 5.41) is 12.9. The predicted octanol–water partition coefficient (Wildman–Crippen LogP) is 2.81. The molecule has 19 heavy (non-hydrogen) atoms. The number of aliphatic carboxylic acids is 1. The maximum atomic E-state index is 11.5. The molecule has 1 atom stereocenters. The zero-order valence-electron chi connectivity index (χ0n) is 13.5. The fourth-order valence-corrected chi connectivity index (χ4v) is 2.67. The lowest BCUT2D eigenvalue weighted by atomic mass is 9.73. The molecule has 0 aromatic heterocycles. The molecule has 112 valence electrons. The summed E-state index contributed by atoms with van der Waals surface area (Å²) in [7, 11) is 0. The molecule has 0 spiro atoms. The summed E-state index contributed by atoms with van der Waals surface area (Å²) in [6, 6.07) is 0.135. The van der Waals surface area contributed by atoms with Crippen molar-refractivity contribution in [2.75, 3.05) is 0 Å². The van der Waals surface area contributed by atoms with Crippen molar-refractivity contribution in [2.24, 2.45) is 5.41 Å². The average Bonchev–Trinajstić information content (AvgIpc) is 2.32. The van der Waals surface area contributed by atoms with Gasteiger partial charge >= 0.3 is 5.97 Å². The van der Waals surface area contributed by atoms with Crippen molar-refractivity contribution in [1.29, 1.82) is 0 Å². The SMILES string of the molecule is CC1(C)CC(NC(C)(C)C(C)(C)C(=O)O)C(C)(C)O1. The van der Waals surface area contributed by atoms with E-state index in [1.54, 1.807) is 13.8 Å². The van der Waals surface area contributed by atoms with Gasteiger partial charge in [0.1, 0.15) is 0 Å². The van der Waals surface area contributed by atoms with Crippen LogP contribution in [0.3, 0.4) is 0 Å². The van der Waals surface area contributed by atoms with Gasteiger partial charge in [-0.05, 0) is 61.8 Å². The number of nitrogens with one attached hydrogen (secondary N) is 1. The number of hydrogen-bond acceptors (Lipinski definition) is 3. The molecule has 1 fully saturated rings. The number of rotatable bonds is 4. The van der Waals surface area contributed by atoms with Crippen molar-refractivity contribution in [3.63, 3.8) is 0 Å². The Bertz CT molecular complexity index is 370. The lowest BCUT2D eigenvalue weighted by molar-refractivity contribution is -0.151. The van der Waals surface area contributed by atoms with E-state index in [1.165, 1.54) is 0 Å². The second kappa shape index (κ2) is 4.45. The van der Waals surface area contributed by atoms with Gasteiger partial charge in [0.05, 0.1) is 16.6 Å². The minimum absolute atomic E-state index is 0.135. The fourth-order valence-electron chi connectivity index (χ4n) is 2.67. The summed E-state index contributed by atoms with van der Waals surface area (Å²) in [5.74, 6) is -0.791. The summed E-state index contributed by atoms with van der Waals surface area (Å²) in [5.41, 5.74) is -1.85.